The fourth-order valence-electron chi connectivity index (χ4n) is 2.13. The summed E-state index contributed by atoms with van der Waals surface area (Å²) in [7, 11) is 0. The van der Waals surface area contributed by atoms with Crippen LogP contribution < -0.4 is 5.32 Å². The first kappa shape index (κ1) is 14.7. The van der Waals surface area contributed by atoms with E-state index in [2.05, 4.69) is 10.3 Å². The molecule has 2 heterocycles. The van der Waals surface area contributed by atoms with Crippen LogP contribution in [0.1, 0.15) is 11.3 Å². The van der Waals surface area contributed by atoms with Gasteiger partial charge in [0.1, 0.15) is 0 Å². The van der Waals surface area contributed by atoms with Crippen LogP contribution in [-0.2, 0) is 11.3 Å². The Bertz CT molecular complexity index is 452. The third kappa shape index (κ3) is 4.46. The van der Waals surface area contributed by atoms with Crippen LogP contribution in [0.5, 0.6) is 0 Å². The van der Waals surface area contributed by atoms with Crippen molar-refractivity contribution in [1.82, 2.24) is 20.1 Å². The van der Waals surface area contributed by atoms with Crippen LogP contribution in [0.4, 0.5) is 4.79 Å². The van der Waals surface area contributed by atoms with Crippen LogP contribution in [0, 0.1) is 0 Å². The smallest absolute Gasteiger partial charge is 0.317 e. The second-order valence-corrected chi connectivity index (χ2v) is 5.61. The highest BCUT2D eigenvalue weighted by Gasteiger charge is 2.20. The molecule has 0 aliphatic carbocycles. The number of thiazole rings is 1. The van der Waals surface area contributed by atoms with Crippen molar-refractivity contribution < 1.29 is 14.7 Å². The van der Waals surface area contributed by atoms with Crippen molar-refractivity contribution in [3.8, 4) is 0 Å². The van der Waals surface area contributed by atoms with E-state index < -0.39 is 5.97 Å². The zero-order chi connectivity index (χ0) is 14.4. The number of rotatable bonds is 4. The number of hydrogen-bond donors (Lipinski definition) is 2. The molecule has 0 radical (unpaired) electrons. The highest BCUT2D eigenvalue weighted by Crippen LogP contribution is 2.06. The summed E-state index contributed by atoms with van der Waals surface area (Å²) in [4.78, 5) is 31.3. The molecule has 1 aromatic rings. The van der Waals surface area contributed by atoms with E-state index in [0.29, 0.717) is 32.7 Å². The van der Waals surface area contributed by atoms with Gasteiger partial charge in [-0.15, -0.1) is 11.3 Å². The summed E-state index contributed by atoms with van der Waals surface area (Å²) < 4.78 is 0. The molecule has 0 atom stereocenters. The van der Waals surface area contributed by atoms with E-state index in [-0.39, 0.29) is 12.6 Å². The Morgan fingerprint density at radius 3 is 2.90 bits per heavy atom. The maximum atomic E-state index is 12.0. The lowest BCUT2D eigenvalue weighted by molar-refractivity contribution is -0.138. The molecule has 110 valence electrons. The molecule has 1 fully saturated rings. The lowest BCUT2D eigenvalue weighted by Gasteiger charge is -2.21. The number of nitrogens with zero attached hydrogens (tertiary/aromatic N) is 3. The molecular weight excluding hydrogens is 280 g/mol. The number of nitrogens with one attached hydrogen (secondary N) is 1. The molecule has 1 aromatic heterocycles. The van der Waals surface area contributed by atoms with Crippen LogP contribution in [0.3, 0.4) is 0 Å². The molecule has 0 bridgehead atoms. The first-order chi connectivity index (χ1) is 9.65. The van der Waals surface area contributed by atoms with Crippen LogP contribution in [0.25, 0.3) is 0 Å². The minimum Gasteiger partial charge on any atom is -0.480 e. The van der Waals surface area contributed by atoms with Crippen LogP contribution in [0.15, 0.2) is 11.7 Å². The molecule has 1 saturated heterocycles. The van der Waals surface area contributed by atoms with Crippen LogP contribution in [0.2, 0.25) is 0 Å². The lowest BCUT2D eigenvalue weighted by Crippen LogP contribution is -2.42. The van der Waals surface area contributed by atoms with Gasteiger partial charge >= 0.3 is 12.0 Å². The maximum absolute atomic E-state index is 12.0. The molecule has 0 aromatic carbocycles. The first-order valence-electron chi connectivity index (χ1n) is 6.49. The number of carboxylic acid groups (broad SMARTS) is 1. The number of urea groups is 1. The molecule has 1 aliphatic rings. The summed E-state index contributed by atoms with van der Waals surface area (Å²) in [6.45, 7) is 3.05. The fourth-order valence-corrected chi connectivity index (χ4v) is 2.66. The van der Waals surface area contributed by atoms with E-state index in [1.165, 1.54) is 11.3 Å². The van der Waals surface area contributed by atoms with Crippen molar-refractivity contribution in [3.63, 3.8) is 0 Å². The molecule has 0 saturated carbocycles. The van der Waals surface area contributed by atoms with Gasteiger partial charge in [-0.25, -0.2) is 4.79 Å². The van der Waals surface area contributed by atoms with Gasteiger partial charge < -0.3 is 15.3 Å². The third-order valence-corrected chi connectivity index (χ3v) is 3.91. The average molecular weight is 298 g/mol. The highest BCUT2D eigenvalue weighted by atomic mass is 32.1. The van der Waals surface area contributed by atoms with Crippen LogP contribution in [-0.4, -0.2) is 64.6 Å². The minimum atomic E-state index is -0.826. The Hall–Kier alpha value is -1.67. The largest absolute Gasteiger partial charge is 0.480 e. The molecule has 0 spiro atoms. The standard InChI is InChI=1S/C12H18N4O3S/c17-11(18)8-15-2-1-3-16(5-4-15)12(19)14-7-10-6-13-9-20-10/h6,9H,1-5,7-8H2,(H,14,19)(H,17,18). The van der Waals surface area contributed by atoms with E-state index >= 15 is 0 Å². The summed E-state index contributed by atoms with van der Waals surface area (Å²) in [6.07, 6.45) is 2.53. The monoisotopic (exact) mass is 298 g/mol. The Morgan fingerprint density at radius 2 is 2.20 bits per heavy atom. The molecular formula is C12H18N4O3S. The number of aromatic nitrogens is 1. The second-order valence-electron chi connectivity index (χ2n) is 4.64. The van der Waals surface area contributed by atoms with Gasteiger partial charge in [-0.2, -0.15) is 0 Å². The molecule has 2 N–H and O–H groups in total. The molecule has 1 aliphatic heterocycles. The maximum Gasteiger partial charge on any atom is 0.317 e. The lowest BCUT2D eigenvalue weighted by atomic mass is 10.4. The molecule has 7 nitrogen and oxygen atoms in total. The van der Waals surface area contributed by atoms with Gasteiger partial charge in [-0.3, -0.25) is 14.7 Å². The van der Waals surface area contributed by atoms with E-state index in [0.717, 1.165) is 11.3 Å². The van der Waals surface area contributed by atoms with Crippen LogP contribution >= 0.6 is 11.3 Å². The van der Waals surface area contributed by atoms with E-state index in [4.69, 9.17) is 5.11 Å². The van der Waals surface area contributed by atoms with Crippen molar-refractivity contribution in [2.24, 2.45) is 0 Å². The Kier molecular flexibility index (Phi) is 5.31. The second kappa shape index (κ2) is 7.20. The first-order valence-corrected chi connectivity index (χ1v) is 7.37. The van der Waals surface area contributed by atoms with E-state index in [9.17, 15) is 9.59 Å². The number of hydrogen-bond acceptors (Lipinski definition) is 5. The fraction of sp³-hybridized carbons (Fsp3) is 0.583. The summed E-state index contributed by atoms with van der Waals surface area (Å²) >= 11 is 1.51. The number of carbonyl (C=O) groups excluding carboxylic acids is 1. The summed E-state index contributed by atoms with van der Waals surface area (Å²) in [6, 6.07) is -0.101. The van der Waals surface area contributed by atoms with Crippen molar-refractivity contribution in [3.05, 3.63) is 16.6 Å². The Balaban J connectivity index is 1.77. The van der Waals surface area contributed by atoms with Crippen molar-refractivity contribution in [2.45, 2.75) is 13.0 Å². The third-order valence-electron chi connectivity index (χ3n) is 3.13. The topological polar surface area (TPSA) is 85.8 Å². The number of amides is 2. The van der Waals surface area contributed by atoms with Gasteiger partial charge in [0.2, 0.25) is 0 Å². The van der Waals surface area contributed by atoms with Crippen molar-refractivity contribution in [1.29, 1.82) is 0 Å². The van der Waals surface area contributed by atoms with Crippen molar-refractivity contribution >= 4 is 23.3 Å². The minimum absolute atomic E-state index is 0.0380. The average Bonchev–Trinajstić information content (AvgIpc) is 2.82. The molecule has 2 amide bonds. The van der Waals surface area contributed by atoms with Gasteiger partial charge in [-0.1, -0.05) is 0 Å². The number of aliphatic carboxylic acids is 1. The van der Waals surface area contributed by atoms with Gasteiger partial charge in [0.05, 0.1) is 18.6 Å². The summed E-state index contributed by atoms with van der Waals surface area (Å²) in [5.74, 6) is -0.826. The SMILES string of the molecule is O=C(O)CN1CCCN(C(=O)NCc2cncs2)CC1. The summed E-state index contributed by atoms with van der Waals surface area (Å²) in [5, 5.41) is 11.6. The molecule has 20 heavy (non-hydrogen) atoms. The van der Waals surface area contributed by atoms with Gasteiger partial charge in [0.25, 0.3) is 0 Å². The number of carboxylic acids is 1. The van der Waals surface area contributed by atoms with Crippen molar-refractivity contribution in [2.75, 3.05) is 32.7 Å². The zero-order valence-electron chi connectivity index (χ0n) is 11.1. The zero-order valence-corrected chi connectivity index (χ0v) is 11.9. The molecule has 0 unspecified atom stereocenters. The van der Waals surface area contributed by atoms with Gasteiger partial charge in [-0.05, 0) is 6.42 Å². The predicted octanol–water partition coefficient (Wildman–Crippen LogP) is 0.445. The van der Waals surface area contributed by atoms with E-state index in [1.807, 2.05) is 4.90 Å². The van der Waals surface area contributed by atoms with E-state index in [1.54, 1.807) is 16.6 Å². The predicted molar refractivity (Wildman–Crippen MR) is 74.6 cm³/mol. The summed E-state index contributed by atoms with van der Waals surface area (Å²) in [5.41, 5.74) is 1.73. The Morgan fingerprint density at radius 1 is 1.35 bits per heavy atom. The Labute approximate surface area is 121 Å². The molecule has 8 heteroatoms. The quantitative estimate of drug-likeness (QED) is 0.842. The van der Waals surface area contributed by atoms with Gasteiger partial charge in [0, 0.05) is 37.3 Å². The number of carbonyl (C=O) groups is 2. The molecule has 2 rings (SSSR count). The highest BCUT2D eigenvalue weighted by molar-refractivity contribution is 7.09. The normalized spacial score (nSPS) is 16.7. The van der Waals surface area contributed by atoms with Gasteiger partial charge in [0.15, 0.2) is 0 Å².